The summed E-state index contributed by atoms with van der Waals surface area (Å²) in [7, 11) is 1.60. The smallest absolute Gasteiger partial charge is 0.275 e. The molecule has 0 aliphatic heterocycles. The van der Waals surface area contributed by atoms with Crippen molar-refractivity contribution in [1.29, 1.82) is 0 Å². The van der Waals surface area contributed by atoms with Gasteiger partial charge in [0.05, 0.1) is 12.0 Å². The third-order valence-corrected chi connectivity index (χ3v) is 6.80. The highest BCUT2D eigenvalue weighted by Crippen LogP contribution is 2.31. The summed E-state index contributed by atoms with van der Waals surface area (Å²) < 4.78 is 5.26. The molecule has 0 unspecified atom stereocenters. The third kappa shape index (κ3) is 6.15. The number of rotatable bonds is 8. The van der Waals surface area contributed by atoms with Crippen LogP contribution in [0, 0.1) is 6.92 Å². The number of nitrogens with one attached hydrogen (secondary N) is 1. The van der Waals surface area contributed by atoms with Gasteiger partial charge >= 0.3 is 0 Å². The van der Waals surface area contributed by atoms with Gasteiger partial charge < -0.3 is 10.1 Å². The number of anilines is 1. The van der Waals surface area contributed by atoms with Gasteiger partial charge in [0, 0.05) is 28.6 Å². The molecule has 0 radical (unpaired) electrons. The van der Waals surface area contributed by atoms with Crippen LogP contribution in [0.1, 0.15) is 21.6 Å². The molecule has 1 amide bonds. The summed E-state index contributed by atoms with van der Waals surface area (Å²) in [6.07, 6.45) is 1.73. The zero-order valence-electron chi connectivity index (χ0n) is 18.3. The Morgan fingerprint density at radius 1 is 1.00 bits per heavy atom. The minimum Gasteiger partial charge on any atom is -0.497 e. The minimum atomic E-state index is -0.290. The molecule has 0 bridgehead atoms. The number of methoxy groups -OCH3 is 1. The summed E-state index contributed by atoms with van der Waals surface area (Å²) in [6, 6.07) is 25.4. The van der Waals surface area contributed by atoms with Gasteiger partial charge in [0.1, 0.15) is 11.4 Å². The summed E-state index contributed by atoms with van der Waals surface area (Å²) in [6.45, 7) is 2.09. The monoisotopic (exact) mass is 473 g/mol. The maximum absolute atomic E-state index is 13.2. The SMILES string of the molecule is COc1cccc(NC(=O)c2nc(SCc3ccccc3C)ncc2Sc2ccccc2)c1. The Hall–Kier alpha value is -3.29. The van der Waals surface area contributed by atoms with E-state index >= 15 is 0 Å². The van der Waals surface area contributed by atoms with Crippen molar-refractivity contribution in [3.63, 3.8) is 0 Å². The summed E-state index contributed by atoms with van der Waals surface area (Å²) in [5.41, 5.74) is 3.42. The van der Waals surface area contributed by atoms with Crippen LogP contribution in [0.15, 0.2) is 100 Å². The van der Waals surface area contributed by atoms with E-state index in [2.05, 4.69) is 34.3 Å². The first-order chi connectivity index (χ1) is 16.1. The summed E-state index contributed by atoms with van der Waals surface area (Å²) in [5.74, 6) is 1.11. The number of amides is 1. The predicted molar refractivity (Wildman–Crippen MR) is 134 cm³/mol. The molecule has 0 saturated carbocycles. The fraction of sp³-hybridized carbons (Fsp3) is 0.115. The number of thioether (sulfide) groups is 1. The normalized spacial score (nSPS) is 10.6. The standard InChI is InChI=1S/C26H23N3O2S2/c1-18-9-6-7-10-19(18)17-32-26-27-16-23(33-22-13-4-3-5-14-22)24(29-26)25(30)28-20-11-8-12-21(15-20)31-2/h3-16H,17H2,1-2H3,(H,28,30). The van der Waals surface area contributed by atoms with E-state index in [-0.39, 0.29) is 5.91 Å². The molecule has 0 atom stereocenters. The molecule has 166 valence electrons. The number of nitrogens with zero attached hydrogens (tertiary/aromatic N) is 2. The van der Waals surface area contributed by atoms with Crippen molar-refractivity contribution in [2.45, 2.75) is 27.6 Å². The molecule has 3 aromatic carbocycles. The van der Waals surface area contributed by atoms with Crippen molar-refractivity contribution >= 4 is 35.1 Å². The van der Waals surface area contributed by atoms with Crippen molar-refractivity contribution in [2.24, 2.45) is 0 Å². The van der Waals surface area contributed by atoms with E-state index in [1.165, 1.54) is 34.7 Å². The first-order valence-corrected chi connectivity index (χ1v) is 12.2. The largest absolute Gasteiger partial charge is 0.497 e. The lowest BCUT2D eigenvalue weighted by Gasteiger charge is -2.11. The van der Waals surface area contributed by atoms with Crippen LogP contribution in [0.5, 0.6) is 5.75 Å². The van der Waals surface area contributed by atoms with Crippen LogP contribution in [-0.2, 0) is 5.75 Å². The Morgan fingerprint density at radius 2 is 1.79 bits per heavy atom. The molecule has 1 heterocycles. The van der Waals surface area contributed by atoms with Gasteiger partial charge in [0.2, 0.25) is 0 Å². The number of hydrogen-bond acceptors (Lipinski definition) is 6. The van der Waals surface area contributed by atoms with Gasteiger partial charge in [-0.25, -0.2) is 9.97 Å². The van der Waals surface area contributed by atoms with Gasteiger partial charge in [-0.2, -0.15) is 0 Å². The Balaban J connectivity index is 1.60. The topological polar surface area (TPSA) is 64.1 Å². The molecule has 0 saturated heterocycles. The van der Waals surface area contributed by atoms with Crippen molar-refractivity contribution in [1.82, 2.24) is 9.97 Å². The predicted octanol–water partition coefficient (Wildman–Crippen LogP) is 6.49. The first-order valence-electron chi connectivity index (χ1n) is 10.3. The van der Waals surface area contributed by atoms with Gasteiger partial charge in [-0.15, -0.1) is 0 Å². The lowest BCUT2D eigenvalue weighted by molar-refractivity contribution is 0.101. The lowest BCUT2D eigenvalue weighted by atomic mass is 10.1. The fourth-order valence-corrected chi connectivity index (χ4v) is 4.86. The van der Waals surface area contributed by atoms with E-state index in [0.29, 0.717) is 27.2 Å². The molecule has 0 fully saturated rings. The van der Waals surface area contributed by atoms with E-state index < -0.39 is 0 Å². The number of ether oxygens (including phenoxy) is 1. The molecule has 1 aromatic heterocycles. The number of carbonyl (C=O) groups excluding carboxylic acids is 1. The van der Waals surface area contributed by atoms with E-state index in [1.807, 2.05) is 60.7 Å². The fourth-order valence-electron chi connectivity index (χ4n) is 3.08. The number of hydrogen-bond donors (Lipinski definition) is 1. The first kappa shape index (κ1) is 22.9. The lowest BCUT2D eigenvalue weighted by Crippen LogP contribution is -2.16. The zero-order valence-corrected chi connectivity index (χ0v) is 20.0. The van der Waals surface area contributed by atoms with Crippen LogP contribution >= 0.6 is 23.5 Å². The second-order valence-electron chi connectivity index (χ2n) is 7.18. The van der Waals surface area contributed by atoms with E-state index in [4.69, 9.17) is 4.74 Å². The Morgan fingerprint density at radius 3 is 2.58 bits per heavy atom. The molecule has 5 nitrogen and oxygen atoms in total. The molecule has 7 heteroatoms. The van der Waals surface area contributed by atoms with Crippen molar-refractivity contribution < 1.29 is 9.53 Å². The maximum atomic E-state index is 13.2. The van der Waals surface area contributed by atoms with Gasteiger partial charge in [-0.1, -0.05) is 72.1 Å². The van der Waals surface area contributed by atoms with Crippen molar-refractivity contribution in [3.8, 4) is 5.75 Å². The van der Waals surface area contributed by atoms with Gasteiger partial charge in [0.25, 0.3) is 5.91 Å². The van der Waals surface area contributed by atoms with Crippen LogP contribution in [0.3, 0.4) is 0 Å². The van der Waals surface area contributed by atoms with Gasteiger partial charge in [-0.05, 0) is 42.3 Å². The van der Waals surface area contributed by atoms with Crippen molar-refractivity contribution in [2.75, 3.05) is 12.4 Å². The zero-order chi connectivity index (χ0) is 23.0. The van der Waals surface area contributed by atoms with E-state index in [1.54, 1.807) is 19.4 Å². The second kappa shape index (κ2) is 11.0. The number of aryl methyl sites for hydroxylation is 1. The van der Waals surface area contributed by atoms with Crippen LogP contribution in [0.25, 0.3) is 0 Å². The highest BCUT2D eigenvalue weighted by Gasteiger charge is 2.18. The quantitative estimate of drug-likeness (QED) is 0.233. The molecule has 0 spiro atoms. The number of benzene rings is 3. The summed E-state index contributed by atoms with van der Waals surface area (Å²) in [5, 5.41) is 3.50. The van der Waals surface area contributed by atoms with Gasteiger partial charge in [-0.3, -0.25) is 4.79 Å². The summed E-state index contributed by atoms with van der Waals surface area (Å²) in [4.78, 5) is 24.1. The Bertz CT molecular complexity index is 1250. The second-order valence-corrected chi connectivity index (χ2v) is 9.24. The number of carbonyl (C=O) groups is 1. The highest BCUT2D eigenvalue weighted by atomic mass is 32.2. The minimum absolute atomic E-state index is 0.290. The molecule has 0 aliphatic rings. The average Bonchev–Trinajstić information content (AvgIpc) is 2.85. The molecule has 4 aromatic rings. The molecular weight excluding hydrogens is 450 g/mol. The van der Waals surface area contributed by atoms with Crippen LogP contribution in [-0.4, -0.2) is 23.0 Å². The molecule has 1 N–H and O–H groups in total. The third-order valence-electron chi connectivity index (χ3n) is 4.86. The summed E-state index contributed by atoms with van der Waals surface area (Å²) >= 11 is 2.98. The maximum Gasteiger partial charge on any atom is 0.275 e. The molecule has 33 heavy (non-hydrogen) atoms. The average molecular weight is 474 g/mol. The van der Waals surface area contributed by atoms with Crippen LogP contribution in [0.2, 0.25) is 0 Å². The molecule has 4 rings (SSSR count). The number of aromatic nitrogens is 2. The van der Waals surface area contributed by atoms with E-state index in [0.717, 1.165) is 10.6 Å². The van der Waals surface area contributed by atoms with Crippen LogP contribution < -0.4 is 10.1 Å². The highest BCUT2D eigenvalue weighted by molar-refractivity contribution is 7.99. The van der Waals surface area contributed by atoms with Crippen LogP contribution in [0.4, 0.5) is 5.69 Å². The molecule has 0 aliphatic carbocycles. The van der Waals surface area contributed by atoms with Crippen molar-refractivity contribution in [3.05, 3.63) is 102 Å². The molecular formula is C26H23N3O2S2. The Kier molecular flexibility index (Phi) is 7.65. The Labute approximate surface area is 202 Å². The van der Waals surface area contributed by atoms with Gasteiger partial charge in [0.15, 0.2) is 5.16 Å². The van der Waals surface area contributed by atoms with E-state index in [9.17, 15) is 4.79 Å².